The van der Waals surface area contributed by atoms with Gasteiger partial charge in [0.2, 0.25) is 0 Å². The summed E-state index contributed by atoms with van der Waals surface area (Å²) < 4.78 is 0.837. The number of nitrogens with two attached hydrogens (primary N) is 1. The summed E-state index contributed by atoms with van der Waals surface area (Å²) in [6.07, 6.45) is 0. The molecule has 2 rings (SSSR count). The highest BCUT2D eigenvalue weighted by atomic mass is 79.9. The molecule has 0 spiro atoms. The number of benzene rings is 1. The minimum atomic E-state index is -0.155. The van der Waals surface area contributed by atoms with Crippen molar-refractivity contribution in [1.82, 2.24) is 10.2 Å². The fraction of sp³-hybridized carbons (Fsp3) is 0.267. The van der Waals surface area contributed by atoms with Crippen molar-refractivity contribution in [2.24, 2.45) is 0 Å². The first-order chi connectivity index (χ1) is 9.99. The van der Waals surface area contributed by atoms with Crippen molar-refractivity contribution in [3.8, 4) is 0 Å². The van der Waals surface area contributed by atoms with Gasteiger partial charge in [0.05, 0.1) is 11.6 Å². The van der Waals surface area contributed by atoms with Gasteiger partial charge < -0.3 is 16.0 Å². The zero-order chi connectivity index (χ0) is 15.4. The van der Waals surface area contributed by atoms with E-state index in [2.05, 4.69) is 32.2 Å². The first-order valence-corrected chi connectivity index (χ1v) is 8.19. The predicted octanol–water partition coefficient (Wildman–Crippen LogP) is 3.13. The van der Waals surface area contributed by atoms with Gasteiger partial charge in [0.1, 0.15) is 0 Å². The van der Waals surface area contributed by atoms with Crippen LogP contribution < -0.4 is 11.1 Å². The number of nitrogens with one attached hydrogen (secondary N) is 1. The molecule has 3 N–H and O–H groups in total. The lowest BCUT2D eigenvalue weighted by molar-refractivity contribution is 0.0943. The number of nitrogens with zero attached hydrogens (tertiary/aromatic N) is 1. The van der Waals surface area contributed by atoms with Crippen LogP contribution in [0.2, 0.25) is 0 Å². The molecule has 0 bridgehead atoms. The standard InChI is InChI=1S/C15H18BrN3OS/c1-19(2)13(14-4-3-7-21-14)9-18-15(20)11-8-10(16)5-6-12(11)17/h3-8,13H,9,17H2,1-2H3,(H,18,20). The number of anilines is 1. The third-order valence-electron chi connectivity index (χ3n) is 3.21. The Labute approximate surface area is 137 Å². The highest BCUT2D eigenvalue weighted by Crippen LogP contribution is 2.23. The fourth-order valence-electron chi connectivity index (χ4n) is 2.03. The molecule has 2 aromatic rings. The Morgan fingerprint density at radius 1 is 1.43 bits per heavy atom. The molecule has 112 valence electrons. The van der Waals surface area contributed by atoms with Crippen LogP contribution in [-0.4, -0.2) is 31.4 Å². The molecular formula is C15H18BrN3OS. The average molecular weight is 368 g/mol. The first-order valence-electron chi connectivity index (χ1n) is 6.52. The largest absolute Gasteiger partial charge is 0.398 e. The predicted molar refractivity (Wildman–Crippen MR) is 91.6 cm³/mol. The molecule has 1 unspecified atom stereocenters. The molecule has 4 nitrogen and oxygen atoms in total. The number of hydrogen-bond donors (Lipinski definition) is 2. The minimum Gasteiger partial charge on any atom is -0.398 e. The molecule has 0 aliphatic carbocycles. The number of rotatable bonds is 5. The second-order valence-corrected chi connectivity index (χ2v) is 6.83. The number of halogens is 1. The number of carbonyl (C=O) groups excluding carboxylic acids is 1. The Morgan fingerprint density at radius 3 is 2.81 bits per heavy atom. The monoisotopic (exact) mass is 367 g/mol. The number of amides is 1. The third kappa shape index (κ3) is 4.06. The lowest BCUT2D eigenvalue weighted by Crippen LogP contribution is -2.34. The highest BCUT2D eigenvalue weighted by Gasteiger charge is 2.17. The molecule has 0 aliphatic heterocycles. The zero-order valence-corrected chi connectivity index (χ0v) is 14.4. The number of hydrogen-bond acceptors (Lipinski definition) is 4. The van der Waals surface area contributed by atoms with E-state index in [1.54, 1.807) is 23.5 Å². The lowest BCUT2D eigenvalue weighted by Gasteiger charge is -2.23. The quantitative estimate of drug-likeness (QED) is 0.798. The van der Waals surface area contributed by atoms with Crippen LogP contribution in [0.15, 0.2) is 40.2 Å². The fourth-order valence-corrected chi connectivity index (χ4v) is 3.31. The Bertz CT molecular complexity index is 613. The molecule has 1 heterocycles. The summed E-state index contributed by atoms with van der Waals surface area (Å²) in [5.41, 5.74) is 6.83. The van der Waals surface area contributed by atoms with Gasteiger partial charge in [-0.25, -0.2) is 0 Å². The summed E-state index contributed by atoms with van der Waals surface area (Å²) in [5.74, 6) is -0.155. The van der Waals surface area contributed by atoms with E-state index in [1.165, 1.54) is 4.88 Å². The van der Waals surface area contributed by atoms with E-state index in [0.29, 0.717) is 17.8 Å². The van der Waals surface area contributed by atoms with Gasteiger partial charge in [0.15, 0.2) is 0 Å². The Kier molecular flexibility index (Phi) is 5.39. The maximum atomic E-state index is 12.3. The molecule has 1 amide bonds. The van der Waals surface area contributed by atoms with E-state index in [0.717, 1.165) is 4.47 Å². The van der Waals surface area contributed by atoms with E-state index in [9.17, 15) is 4.79 Å². The van der Waals surface area contributed by atoms with Gasteiger partial charge in [0.25, 0.3) is 5.91 Å². The van der Waals surface area contributed by atoms with Crippen LogP contribution in [0.3, 0.4) is 0 Å². The summed E-state index contributed by atoms with van der Waals surface area (Å²) in [7, 11) is 4.01. The number of carbonyl (C=O) groups is 1. The second-order valence-electron chi connectivity index (χ2n) is 4.94. The Balaban J connectivity index is 2.07. The van der Waals surface area contributed by atoms with Crippen LogP contribution in [0.4, 0.5) is 5.69 Å². The molecule has 0 saturated heterocycles. The van der Waals surface area contributed by atoms with Crippen LogP contribution in [0, 0.1) is 0 Å². The van der Waals surface area contributed by atoms with Crippen molar-refractivity contribution in [1.29, 1.82) is 0 Å². The lowest BCUT2D eigenvalue weighted by atomic mass is 10.1. The summed E-state index contributed by atoms with van der Waals surface area (Å²) in [6, 6.07) is 9.53. The average Bonchev–Trinajstić information content (AvgIpc) is 2.95. The topological polar surface area (TPSA) is 58.4 Å². The minimum absolute atomic E-state index is 0.155. The molecule has 0 radical (unpaired) electrons. The molecule has 1 aromatic heterocycles. The van der Waals surface area contributed by atoms with Gasteiger partial charge in [0, 0.05) is 21.6 Å². The van der Waals surface area contributed by atoms with Crippen LogP contribution in [0.5, 0.6) is 0 Å². The Morgan fingerprint density at radius 2 is 2.19 bits per heavy atom. The summed E-state index contributed by atoms with van der Waals surface area (Å²) in [4.78, 5) is 15.6. The maximum absolute atomic E-state index is 12.3. The number of likely N-dealkylation sites (N-methyl/N-ethyl adjacent to an activating group) is 1. The van der Waals surface area contributed by atoms with Crippen molar-refractivity contribution >= 4 is 38.9 Å². The molecule has 1 aromatic carbocycles. The van der Waals surface area contributed by atoms with Crippen molar-refractivity contribution in [2.45, 2.75) is 6.04 Å². The van der Waals surface area contributed by atoms with Crippen molar-refractivity contribution in [3.63, 3.8) is 0 Å². The van der Waals surface area contributed by atoms with Crippen molar-refractivity contribution < 1.29 is 4.79 Å². The van der Waals surface area contributed by atoms with Crippen molar-refractivity contribution in [3.05, 3.63) is 50.6 Å². The van der Waals surface area contributed by atoms with E-state index >= 15 is 0 Å². The van der Waals surface area contributed by atoms with Crippen LogP contribution in [0.25, 0.3) is 0 Å². The molecule has 0 saturated carbocycles. The summed E-state index contributed by atoms with van der Waals surface area (Å²) in [5, 5.41) is 5.00. The summed E-state index contributed by atoms with van der Waals surface area (Å²) >= 11 is 5.04. The smallest absolute Gasteiger partial charge is 0.253 e. The number of thiophene rings is 1. The Hall–Kier alpha value is -1.37. The van der Waals surface area contributed by atoms with Gasteiger partial charge in [-0.3, -0.25) is 4.79 Å². The summed E-state index contributed by atoms with van der Waals surface area (Å²) in [6.45, 7) is 0.540. The molecule has 21 heavy (non-hydrogen) atoms. The zero-order valence-electron chi connectivity index (χ0n) is 12.0. The van der Waals surface area contributed by atoms with Crippen LogP contribution in [-0.2, 0) is 0 Å². The third-order valence-corrected chi connectivity index (χ3v) is 4.68. The van der Waals surface area contributed by atoms with Gasteiger partial charge in [-0.2, -0.15) is 0 Å². The van der Waals surface area contributed by atoms with E-state index in [-0.39, 0.29) is 11.9 Å². The normalized spacial score (nSPS) is 12.4. The highest BCUT2D eigenvalue weighted by molar-refractivity contribution is 9.10. The van der Waals surface area contributed by atoms with Crippen LogP contribution >= 0.6 is 27.3 Å². The van der Waals surface area contributed by atoms with E-state index in [1.807, 2.05) is 31.6 Å². The van der Waals surface area contributed by atoms with E-state index in [4.69, 9.17) is 5.73 Å². The maximum Gasteiger partial charge on any atom is 0.253 e. The van der Waals surface area contributed by atoms with Crippen molar-refractivity contribution in [2.75, 3.05) is 26.4 Å². The van der Waals surface area contributed by atoms with Gasteiger partial charge in [-0.1, -0.05) is 22.0 Å². The second kappa shape index (κ2) is 7.06. The van der Waals surface area contributed by atoms with Crippen LogP contribution in [0.1, 0.15) is 21.3 Å². The molecule has 0 fully saturated rings. The number of nitrogen functional groups attached to an aromatic ring is 1. The first kappa shape index (κ1) is 16.0. The van der Waals surface area contributed by atoms with Gasteiger partial charge in [-0.15, -0.1) is 11.3 Å². The molecule has 0 aliphatic rings. The van der Waals surface area contributed by atoms with Gasteiger partial charge >= 0.3 is 0 Å². The van der Waals surface area contributed by atoms with Gasteiger partial charge in [-0.05, 0) is 43.7 Å². The van der Waals surface area contributed by atoms with E-state index < -0.39 is 0 Å². The SMILES string of the molecule is CN(C)C(CNC(=O)c1cc(Br)ccc1N)c1cccs1. The molecular weight excluding hydrogens is 350 g/mol. The molecule has 6 heteroatoms. The molecule has 1 atom stereocenters.